The molecule has 0 bridgehead atoms. The van der Waals surface area contributed by atoms with Crippen LogP contribution < -0.4 is 5.90 Å². The number of hydrogen-bond acceptors (Lipinski definition) is 3. The maximum absolute atomic E-state index is 13.0. The predicted molar refractivity (Wildman–Crippen MR) is 65.0 cm³/mol. The summed E-state index contributed by atoms with van der Waals surface area (Å²) in [6, 6.07) is 6.15. The topological polar surface area (TPSA) is 55.6 Å². The fourth-order valence-electron chi connectivity index (χ4n) is 2.17. The van der Waals surface area contributed by atoms with Crippen molar-refractivity contribution in [2.24, 2.45) is 5.90 Å². The molecular formula is C13H17FN2O2. The Hall–Kier alpha value is -1.46. The van der Waals surface area contributed by atoms with Crippen molar-refractivity contribution < 1.29 is 14.0 Å². The highest BCUT2D eigenvalue weighted by Crippen LogP contribution is 2.14. The van der Waals surface area contributed by atoms with Gasteiger partial charge in [0, 0.05) is 13.1 Å². The van der Waals surface area contributed by atoms with Gasteiger partial charge in [0.05, 0.1) is 12.5 Å². The first-order valence-electron chi connectivity index (χ1n) is 6.07. The van der Waals surface area contributed by atoms with Crippen molar-refractivity contribution >= 4 is 5.91 Å². The van der Waals surface area contributed by atoms with Crippen LogP contribution in [-0.2, 0) is 16.1 Å². The van der Waals surface area contributed by atoms with Gasteiger partial charge in [-0.25, -0.2) is 10.3 Å². The Morgan fingerprint density at radius 1 is 1.44 bits per heavy atom. The molecule has 1 aromatic carbocycles. The second-order valence-corrected chi connectivity index (χ2v) is 4.52. The first kappa shape index (κ1) is 13.0. The molecule has 18 heavy (non-hydrogen) atoms. The van der Waals surface area contributed by atoms with Crippen LogP contribution in [0.15, 0.2) is 24.3 Å². The number of carbonyl (C=O) groups is 1. The van der Waals surface area contributed by atoms with Crippen LogP contribution >= 0.6 is 0 Å². The lowest BCUT2D eigenvalue weighted by Gasteiger charge is -2.30. The monoisotopic (exact) mass is 252 g/mol. The number of rotatable bonds is 3. The van der Waals surface area contributed by atoms with Gasteiger partial charge in [-0.1, -0.05) is 12.1 Å². The van der Waals surface area contributed by atoms with Crippen molar-refractivity contribution in [2.75, 3.05) is 13.1 Å². The third kappa shape index (κ3) is 3.27. The highest BCUT2D eigenvalue weighted by atomic mass is 19.1. The van der Waals surface area contributed by atoms with Crippen LogP contribution in [0.5, 0.6) is 0 Å². The SMILES string of the molecule is NOC1CCN(C(=O)Cc2cccc(F)c2)CC1. The zero-order valence-corrected chi connectivity index (χ0v) is 10.1. The molecule has 0 aliphatic carbocycles. The van der Waals surface area contributed by atoms with E-state index in [1.165, 1.54) is 12.1 Å². The number of hydrogen-bond donors (Lipinski definition) is 1. The van der Waals surface area contributed by atoms with E-state index >= 15 is 0 Å². The van der Waals surface area contributed by atoms with E-state index in [-0.39, 0.29) is 24.2 Å². The number of nitrogens with zero attached hydrogens (tertiary/aromatic N) is 1. The van der Waals surface area contributed by atoms with Crippen LogP contribution in [0.1, 0.15) is 18.4 Å². The zero-order chi connectivity index (χ0) is 13.0. The molecule has 1 heterocycles. The van der Waals surface area contributed by atoms with Crippen LogP contribution in [0.2, 0.25) is 0 Å². The van der Waals surface area contributed by atoms with Crippen molar-refractivity contribution in [3.63, 3.8) is 0 Å². The molecular weight excluding hydrogens is 235 g/mol. The summed E-state index contributed by atoms with van der Waals surface area (Å²) in [5.74, 6) is 4.83. The van der Waals surface area contributed by atoms with E-state index in [9.17, 15) is 9.18 Å². The normalized spacial score (nSPS) is 16.9. The van der Waals surface area contributed by atoms with Crippen LogP contribution in [-0.4, -0.2) is 30.0 Å². The fourth-order valence-corrected chi connectivity index (χ4v) is 2.17. The number of piperidine rings is 1. The first-order valence-corrected chi connectivity index (χ1v) is 6.07. The summed E-state index contributed by atoms with van der Waals surface area (Å²) in [7, 11) is 0. The van der Waals surface area contributed by atoms with Crippen LogP contribution in [0, 0.1) is 5.82 Å². The maximum Gasteiger partial charge on any atom is 0.226 e. The summed E-state index contributed by atoms with van der Waals surface area (Å²) in [6.45, 7) is 1.30. The van der Waals surface area contributed by atoms with Crippen molar-refractivity contribution in [1.29, 1.82) is 0 Å². The first-order chi connectivity index (χ1) is 8.69. The summed E-state index contributed by atoms with van der Waals surface area (Å²) in [6.07, 6.45) is 1.80. The maximum atomic E-state index is 13.0. The van der Waals surface area contributed by atoms with Crippen molar-refractivity contribution in [2.45, 2.75) is 25.4 Å². The molecule has 1 aliphatic heterocycles. The molecule has 0 aromatic heterocycles. The lowest BCUT2D eigenvalue weighted by molar-refractivity contribution is -0.133. The molecule has 5 heteroatoms. The molecule has 0 atom stereocenters. The quantitative estimate of drug-likeness (QED) is 0.824. The van der Waals surface area contributed by atoms with Gasteiger partial charge in [-0.3, -0.25) is 4.79 Å². The van der Waals surface area contributed by atoms with Crippen molar-refractivity contribution in [3.8, 4) is 0 Å². The lowest BCUT2D eigenvalue weighted by atomic mass is 10.1. The molecule has 0 radical (unpaired) electrons. The number of amides is 1. The number of halogens is 1. The average molecular weight is 252 g/mol. The third-order valence-corrected chi connectivity index (χ3v) is 3.23. The number of carbonyl (C=O) groups excluding carboxylic acids is 1. The molecule has 98 valence electrons. The molecule has 1 amide bonds. The Balaban J connectivity index is 1.89. The van der Waals surface area contributed by atoms with E-state index in [2.05, 4.69) is 0 Å². The second-order valence-electron chi connectivity index (χ2n) is 4.52. The Morgan fingerprint density at radius 3 is 2.78 bits per heavy atom. The predicted octanol–water partition coefficient (Wildman–Crippen LogP) is 1.25. The second kappa shape index (κ2) is 5.93. The number of nitrogens with two attached hydrogens (primary N) is 1. The molecule has 0 saturated carbocycles. The van der Waals surface area contributed by atoms with Gasteiger partial charge in [-0.15, -0.1) is 0 Å². The summed E-state index contributed by atoms with van der Waals surface area (Å²) in [4.78, 5) is 18.5. The molecule has 4 nitrogen and oxygen atoms in total. The van der Waals surface area contributed by atoms with Gasteiger partial charge < -0.3 is 9.74 Å². The van der Waals surface area contributed by atoms with Crippen molar-refractivity contribution in [3.05, 3.63) is 35.6 Å². The van der Waals surface area contributed by atoms with E-state index in [4.69, 9.17) is 10.7 Å². The summed E-state index contributed by atoms with van der Waals surface area (Å²) in [5.41, 5.74) is 0.706. The van der Waals surface area contributed by atoms with Crippen LogP contribution in [0.25, 0.3) is 0 Å². The van der Waals surface area contributed by atoms with Crippen molar-refractivity contribution in [1.82, 2.24) is 4.90 Å². The molecule has 1 aliphatic rings. The minimum atomic E-state index is -0.310. The molecule has 2 N–H and O–H groups in total. The fraction of sp³-hybridized carbons (Fsp3) is 0.462. The smallest absolute Gasteiger partial charge is 0.226 e. The minimum Gasteiger partial charge on any atom is -0.342 e. The molecule has 1 aromatic rings. The molecule has 2 rings (SSSR count). The number of benzene rings is 1. The van der Waals surface area contributed by atoms with E-state index in [1.54, 1.807) is 17.0 Å². The van der Waals surface area contributed by atoms with E-state index < -0.39 is 0 Å². The summed E-state index contributed by atoms with van der Waals surface area (Å²) in [5, 5.41) is 0. The molecule has 0 unspecified atom stereocenters. The van der Waals surface area contributed by atoms with Gasteiger partial charge in [0.15, 0.2) is 0 Å². The van der Waals surface area contributed by atoms with Gasteiger partial charge >= 0.3 is 0 Å². The largest absolute Gasteiger partial charge is 0.342 e. The average Bonchev–Trinajstić information content (AvgIpc) is 2.39. The van der Waals surface area contributed by atoms with Gasteiger partial charge in [0.2, 0.25) is 5.91 Å². The van der Waals surface area contributed by atoms with Gasteiger partial charge in [-0.05, 0) is 30.5 Å². The van der Waals surface area contributed by atoms with E-state index in [1.807, 2.05) is 0 Å². The highest BCUT2D eigenvalue weighted by Gasteiger charge is 2.22. The molecule has 0 spiro atoms. The molecule has 1 saturated heterocycles. The Labute approximate surface area is 105 Å². The van der Waals surface area contributed by atoms with Crippen LogP contribution in [0.3, 0.4) is 0 Å². The van der Waals surface area contributed by atoms with Gasteiger partial charge in [0.25, 0.3) is 0 Å². The molecule has 1 fully saturated rings. The highest BCUT2D eigenvalue weighted by molar-refractivity contribution is 5.78. The van der Waals surface area contributed by atoms with E-state index in [0.717, 1.165) is 12.8 Å². The minimum absolute atomic E-state index is 0.0241. The Bertz CT molecular complexity index is 417. The standard InChI is InChI=1S/C13H17FN2O2/c14-11-3-1-2-10(8-11)9-13(17)16-6-4-12(18-15)5-7-16/h1-3,8,12H,4-7,9,15H2. The third-order valence-electron chi connectivity index (χ3n) is 3.23. The summed E-state index contributed by atoms with van der Waals surface area (Å²) < 4.78 is 13.0. The van der Waals surface area contributed by atoms with E-state index in [0.29, 0.717) is 18.7 Å². The Morgan fingerprint density at radius 2 is 2.17 bits per heavy atom. The Kier molecular flexibility index (Phi) is 4.28. The lowest BCUT2D eigenvalue weighted by Crippen LogP contribution is -2.42. The van der Waals surface area contributed by atoms with Crippen LogP contribution in [0.4, 0.5) is 4.39 Å². The summed E-state index contributed by atoms with van der Waals surface area (Å²) >= 11 is 0. The zero-order valence-electron chi connectivity index (χ0n) is 10.1. The van der Waals surface area contributed by atoms with Gasteiger partial charge in [0.1, 0.15) is 5.82 Å². The number of likely N-dealkylation sites (tertiary alicyclic amines) is 1. The van der Waals surface area contributed by atoms with Gasteiger partial charge in [-0.2, -0.15) is 0 Å².